The Balaban J connectivity index is 2.85. The van der Waals surface area contributed by atoms with E-state index in [2.05, 4.69) is 0 Å². The topological polar surface area (TPSA) is 17.1 Å². The van der Waals surface area contributed by atoms with Gasteiger partial charge in [0.25, 0.3) is 0 Å². The minimum absolute atomic E-state index is 0.0996. The number of hydrogen-bond acceptors (Lipinski definition) is 1. The standard InChI is InChI=1S/C12H15FO/c1-8-4-5-11(7-12(8)13)9(2)6-10(3)14/h4-5,7,9H,6H2,1-3H3. The fraction of sp³-hybridized carbons (Fsp3) is 0.417. The lowest BCUT2D eigenvalue weighted by atomic mass is 9.95. The van der Waals surface area contributed by atoms with Crippen LogP contribution >= 0.6 is 0 Å². The van der Waals surface area contributed by atoms with E-state index < -0.39 is 0 Å². The fourth-order valence-electron chi connectivity index (χ4n) is 1.46. The molecule has 0 bridgehead atoms. The van der Waals surface area contributed by atoms with Gasteiger partial charge >= 0.3 is 0 Å². The van der Waals surface area contributed by atoms with Gasteiger partial charge in [-0.05, 0) is 37.0 Å². The Morgan fingerprint density at radius 1 is 1.50 bits per heavy atom. The molecule has 76 valence electrons. The molecule has 0 N–H and O–H groups in total. The summed E-state index contributed by atoms with van der Waals surface area (Å²) < 4.78 is 13.2. The molecule has 0 heterocycles. The van der Waals surface area contributed by atoms with Crippen LogP contribution in [0.25, 0.3) is 0 Å². The number of halogens is 1. The third kappa shape index (κ3) is 2.66. The van der Waals surface area contributed by atoms with Crippen molar-refractivity contribution in [2.75, 3.05) is 0 Å². The van der Waals surface area contributed by atoms with Gasteiger partial charge in [-0.15, -0.1) is 0 Å². The van der Waals surface area contributed by atoms with Crippen LogP contribution in [-0.2, 0) is 4.79 Å². The summed E-state index contributed by atoms with van der Waals surface area (Å²) in [7, 11) is 0. The summed E-state index contributed by atoms with van der Waals surface area (Å²) in [5.74, 6) is 0.0407. The van der Waals surface area contributed by atoms with E-state index in [4.69, 9.17) is 0 Å². The number of benzene rings is 1. The van der Waals surface area contributed by atoms with Gasteiger partial charge in [-0.3, -0.25) is 0 Å². The number of aryl methyl sites for hydroxylation is 1. The van der Waals surface area contributed by atoms with E-state index in [-0.39, 0.29) is 17.5 Å². The van der Waals surface area contributed by atoms with Gasteiger partial charge in [-0.2, -0.15) is 0 Å². The van der Waals surface area contributed by atoms with Gasteiger partial charge in [-0.25, -0.2) is 4.39 Å². The highest BCUT2D eigenvalue weighted by molar-refractivity contribution is 5.76. The molecular formula is C12H15FO. The van der Waals surface area contributed by atoms with Crippen molar-refractivity contribution in [3.63, 3.8) is 0 Å². The number of Topliss-reactive ketones (excluding diaryl/α,β-unsaturated/α-hetero) is 1. The van der Waals surface area contributed by atoms with Gasteiger partial charge < -0.3 is 4.79 Å². The van der Waals surface area contributed by atoms with Crippen LogP contribution in [0.15, 0.2) is 18.2 Å². The first-order chi connectivity index (χ1) is 6.50. The minimum atomic E-state index is -0.196. The molecule has 0 radical (unpaired) electrons. The van der Waals surface area contributed by atoms with Crippen LogP contribution in [0.4, 0.5) is 4.39 Å². The third-order valence-electron chi connectivity index (χ3n) is 2.36. The first kappa shape index (κ1) is 10.9. The minimum Gasteiger partial charge on any atom is -0.300 e. The second-order valence-electron chi connectivity index (χ2n) is 3.82. The maximum atomic E-state index is 13.2. The van der Waals surface area contributed by atoms with Crippen LogP contribution < -0.4 is 0 Å². The van der Waals surface area contributed by atoms with Crippen LogP contribution in [0.2, 0.25) is 0 Å². The van der Waals surface area contributed by atoms with Crippen molar-refractivity contribution in [3.05, 3.63) is 35.1 Å². The highest BCUT2D eigenvalue weighted by Gasteiger charge is 2.09. The molecule has 2 heteroatoms. The molecular weight excluding hydrogens is 179 g/mol. The number of ketones is 1. The SMILES string of the molecule is CC(=O)CC(C)c1ccc(C)c(F)c1. The average Bonchev–Trinajstić information content (AvgIpc) is 2.08. The largest absolute Gasteiger partial charge is 0.300 e. The molecule has 1 rings (SSSR count). The van der Waals surface area contributed by atoms with Crippen molar-refractivity contribution in [2.24, 2.45) is 0 Å². The Hall–Kier alpha value is -1.18. The maximum absolute atomic E-state index is 13.2. The summed E-state index contributed by atoms with van der Waals surface area (Å²) >= 11 is 0. The third-order valence-corrected chi connectivity index (χ3v) is 2.36. The van der Waals surface area contributed by atoms with E-state index >= 15 is 0 Å². The molecule has 0 spiro atoms. The Kier molecular flexibility index (Phi) is 3.39. The summed E-state index contributed by atoms with van der Waals surface area (Å²) in [5, 5.41) is 0. The van der Waals surface area contributed by atoms with E-state index in [9.17, 15) is 9.18 Å². The molecule has 14 heavy (non-hydrogen) atoms. The smallest absolute Gasteiger partial charge is 0.130 e. The van der Waals surface area contributed by atoms with Crippen LogP contribution in [0.5, 0.6) is 0 Å². The number of carbonyl (C=O) groups excluding carboxylic acids is 1. The lowest BCUT2D eigenvalue weighted by Crippen LogP contribution is -2.01. The van der Waals surface area contributed by atoms with E-state index in [1.165, 1.54) is 6.07 Å². The normalized spacial score (nSPS) is 12.6. The zero-order chi connectivity index (χ0) is 10.7. The number of rotatable bonds is 3. The van der Waals surface area contributed by atoms with Gasteiger partial charge in [0, 0.05) is 6.42 Å². The predicted molar refractivity (Wildman–Crippen MR) is 54.9 cm³/mol. The van der Waals surface area contributed by atoms with Gasteiger partial charge in [0.2, 0.25) is 0 Å². The number of carbonyl (C=O) groups is 1. The van der Waals surface area contributed by atoms with Crippen molar-refractivity contribution in [2.45, 2.75) is 33.1 Å². The van der Waals surface area contributed by atoms with Gasteiger partial charge in [0.05, 0.1) is 0 Å². The summed E-state index contributed by atoms with van der Waals surface area (Å²) in [6.07, 6.45) is 0.475. The molecule has 0 aliphatic rings. The number of hydrogen-bond donors (Lipinski definition) is 0. The highest BCUT2D eigenvalue weighted by atomic mass is 19.1. The molecule has 0 aromatic heterocycles. The van der Waals surface area contributed by atoms with Crippen LogP contribution in [0, 0.1) is 12.7 Å². The summed E-state index contributed by atoms with van der Waals surface area (Å²) in [5.41, 5.74) is 1.53. The first-order valence-corrected chi connectivity index (χ1v) is 4.76. The Bertz CT molecular complexity index is 344. The second-order valence-corrected chi connectivity index (χ2v) is 3.82. The molecule has 0 aliphatic carbocycles. The summed E-state index contributed by atoms with van der Waals surface area (Å²) in [4.78, 5) is 10.9. The van der Waals surface area contributed by atoms with Crippen molar-refractivity contribution < 1.29 is 9.18 Å². The molecule has 0 aliphatic heterocycles. The lowest BCUT2D eigenvalue weighted by Gasteiger charge is -2.10. The van der Waals surface area contributed by atoms with Crippen molar-refractivity contribution >= 4 is 5.78 Å². The Morgan fingerprint density at radius 2 is 2.14 bits per heavy atom. The molecule has 1 aromatic rings. The molecule has 0 saturated heterocycles. The van der Waals surface area contributed by atoms with E-state index in [0.717, 1.165) is 5.56 Å². The Morgan fingerprint density at radius 3 is 2.64 bits per heavy atom. The van der Waals surface area contributed by atoms with Crippen LogP contribution in [-0.4, -0.2) is 5.78 Å². The average molecular weight is 194 g/mol. The van der Waals surface area contributed by atoms with E-state index in [0.29, 0.717) is 12.0 Å². The first-order valence-electron chi connectivity index (χ1n) is 4.76. The van der Waals surface area contributed by atoms with Gasteiger partial charge in [0.15, 0.2) is 0 Å². The quantitative estimate of drug-likeness (QED) is 0.722. The molecule has 1 unspecified atom stereocenters. The lowest BCUT2D eigenvalue weighted by molar-refractivity contribution is -0.117. The van der Waals surface area contributed by atoms with Crippen molar-refractivity contribution in [1.82, 2.24) is 0 Å². The zero-order valence-electron chi connectivity index (χ0n) is 8.80. The summed E-state index contributed by atoms with van der Waals surface area (Å²) in [6.45, 7) is 5.22. The molecule has 0 fully saturated rings. The predicted octanol–water partition coefficient (Wildman–Crippen LogP) is 3.22. The molecule has 0 saturated carbocycles. The highest BCUT2D eigenvalue weighted by Crippen LogP contribution is 2.21. The molecule has 0 amide bonds. The van der Waals surface area contributed by atoms with Crippen molar-refractivity contribution in [3.8, 4) is 0 Å². The van der Waals surface area contributed by atoms with Crippen LogP contribution in [0.3, 0.4) is 0 Å². The molecule has 1 atom stereocenters. The van der Waals surface area contributed by atoms with E-state index in [1.54, 1.807) is 19.9 Å². The van der Waals surface area contributed by atoms with Crippen LogP contribution in [0.1, 0.15) is 37.3 Å². The van der Waals surface area contributed by atoms with Gasteiger partial charge in [0.1, 0.15) is 11.6 Å². The second kappa shape index (κ2) is 4.36. The molecule has 1 aromatic carbocycles. The fourth-order valence-corrected chi connectivity index (χ4v) is 1.46. The zero-order valence-corrected chi connectivity index (χ0v) is 8.80. The van der Waals surface area contributed by atoms with E-state index in [1.807, 2.05) is 13.0 Å². The van der Waals surface area contributed by atoms with Crippen molar-refractivity contribution in [1.29, 1.82) is 0 Å². The Labute approximate surface area is 83.9 Å². The van der Waals surface area contributed by atoms with Gasteiger partial charge in [-0.1, -0.05) is 19.1 Å². The molecule has 1 nitrogen and oxygen atoms in total. The monoisotopic (exact) mass is 194 g/mol. The maximum Gasteiger partial charge on any atom is 0.130 e. The summed E-state index contributed by atoms with van der Waals surface area (Å²) in [6, 6.07) is 5.15.